The van der Waals surface area contributed by atoms with Crippen molar-refractivity contribution < 1.29 is 19.1 Å². The molecule has 0 aliphatic carbocycles. The smallest absolute Gasteiger partial charge is 0.335 e. The van der Waals surface area contributed by atoms with Crippen LogP contribution in [0.2, 0.25) is 0 Å². The summed E-state index contributed by atoms with van der Waals surface area (Å²) in [4.78, 5) is 24.7. The maximum absolute atomic E-state index is 13.7. The van der Waals surface area contributed by atoms with Gasteiger partial charge in [-0.3, -0.25) is 0 Å². The van der Waals surface area contributed by atoms with Crippen LogP contribution in [0.25, 0.3) is 0 Å². The lowest BCUT2D eigenvalue weighted by Gasteiger charge is -2.21. The van der Waals surface area contributed by atoms with Gasteiger partial charge >= 0.3 is 12.0 Å². The lowest BCUT2D eigenvalue weighted by Crippen LogP contribution is -2.36. The third-order valence-corrected chi connectivity index (χ3v) is 3.76. The summed E-state index contributed by atoms with van der Waals surface area (Å²) in [6.07, 6.45) is 2.92. The van der Waals surface area contributed by atoms with Crippen molar-refractivity contribution in [1.82, 2.24) is 4.90 Å². The number of hydrogen-bond donors (Lipinski definition) is 2. The second-order valence-corrected chi connectivity index (χ2v) is 5.45. The lowest BCUT2D eigenvalue weighted by molar-refractivity contribution is 0.0697. The Morgan fingerprint density at radius 1 is 1.33 bits per heavy atom. The molecule has 1 fully saturated rings. The van der Waals surface area contributed by atoms with Crippen LogP contribution in [-0.4, -0.2) is 35.1 Å². The van der Waals surface area contributed by atoms with E-state index in [9.17, 15) is 14.0 Å². The molecular formula is C15H19FN2O3. The SMILES string of the molecule is CC1CCCN(C(=O)Nc2cc(C(=O)O)ccc2F)CC1. The van der Waals surface area contributed by atoms with Crippen molar-refractivity contribution in [2.75, 3.05) is 18.4 Å². The quantitative estimate of drug-likeness (QED) is 0.880. The third-order valence-electron chi connectivity index (χ3n) is 3.76. The molecule has 2 rings (SSSR count). The topological polar surface area (TPSA) is 69.6 Å². The number of carbonyl (C=O) groups excluding carboxylic acids is 1. The Morgan fingerprint density at radius 2 is 2.10 bits per heavy atom. The predicted molar refractivity (Wildman–Crippen MR) is 77.0 cm³/mol. The largest absolute Gasteiger partial charge is 0.478 e. The number of rotatable bonds is 2. The molecule has 0 radical (unpaired) electrons. The fourth-order valence-corrected chi connectivity index (χ4v) is 2.41. The summed E-state index contributed by atoms with van der Waals surface area (Å²) in [7, 11) is 0. The fraction of sp³-hybridized carbons (Fsp3) is 0.467. The highest BCUT2D eigenvalue weighted by Gasteiger charge is 2.19. The highest BCUT2D eigenvalue weighted by atomic mass is 19.1. The Balaban J connectivity index is 2.08. The van der Waals surface area contributed by atoms with E-state index in [0.717, 1.165) is 31.4 Å². The molecule has 5 nitrogen and oxygen atoms in total. The summed E-state index contributed by atoms with van der Waals surface area (Å²) < 4.78 is 13.7. The van der Waals surface area contributed by atoms with Gasteiger partial charge in [0.25, 0.3) is 0 Å². The molecule has 21 heavy (non-hydrogen) atoms. The van der Waals surface area contributed by atoms with Crippen LogP contribution in [0.3, 0.4) is 0 Å². The summed E-state index contributed by atoms with van der Waals surface area (Å²) in [5.74, 6) is -1.22. The van der Waals surface area contributed by atoms with Gasteiger partial charge in [0.15, 0.2) is 0 Å². The monoisotopic (exact) mass is 294 g/mol. The number of carboxylic acid groups (broad SMARTS) is 1. The van der Waals surface area contributed by atoms with Crippen LogP contribution in [0.1, 0.15) is 36.5 Å². The molecule has 1 unspecified atom stereocenters. The van der Waals surface area contributed by atoms with E-state index >= 15 is 0 Å². The molecule has 0 aromatic heterocycles. The minimum atomic E-state index is -1.16. The van der Waals surface area contributed by atoms with Gasteiger partial charge in [-0.15, -0.1) is 0 Å². The van der Waals surface area contributed by atoms with Gasteiger partial charge in [0.05, 0.1) is 11.3 Å². The van der Waals surface area contributed by atoms with Gasteiger partial charge in [-0.05, 0) is 43.4 Å². The maximum atomic E-state index is 13.7. The third kappa shape index (κ3) is 3.93. The molecule has 6 heteroatoms. The molecule has 1 heterocycles. The zero-order valence-corrected chi connectivity index (χ0v) is 11.9. The van der Waals surface area contributed by atoms with Gasteiger partial charge in [0.1, 0.15) is 5.82 Å². The molecule has 0 saturated carbocycles. The fourth-order valence-electron chi connectivity index (χ4n) is 2.41. The first kappa shape index (κ1) is 15.3. The van der Waals surface area contributed by atoms with Crippen LogP contribution in [0, 0.1) is 11.7 Å². The molecule has 0 bridgehead atoms. The second kappa shape index (κ2) is 6.56. The van der Waals surface area contributed by atoms with Gasteiger partial charge in [-0.25, -0.2) is 14.0 Å². The van der Waals surface area contributed by atoms with Gasteiger partial charge in [0.2, 0.25) is 0 Å². The zero-order chi connectivity index (χ0) is 15.4. The number of hydrogen-bond acceptors (Lipinski definition) is 2. The summed E-state index contributed by atoms with van der Waals surface area (Å²) in [5.41, 5.74) is -0.159. The van der Waals surface area contributed by atoms with Crippen molar-refractivity contribution >= 4 is 17.7 Å². The molecule has 2 amide bonds. The first-order valence-electron chi connectivity index (χ1n) is 7.06. The molecule has 0 spiro atoms. The minimum absolute atomic E-state index is 0.0591. The second-order valence-electron chi connectivity index (χ2n) is 5.45. The Hall–Kier alpha value is -2.11. The number of amides is 2. The van der Waals surface area contributed by atoms with Gasteiger partial charge < -0.3 is 15.3 Å². The average molecular weight is 294 g/mol. The first-order valence-corrected chi connectivity index (χ1v) is 7.06. The van der Waals surface area contributed by atoms with E-state index < -0.39 is 11.8 Å². The van der Waals surface area contributed by atoms with Gasteiger partial charge in [-0.2, -0.15) is 0 Å². The van der Waals surface area contributed by atoms with Crippen molar-refractivity contribution in [2.24, 2.45) is 5.92 Å². The number of carbonyl (C=O) groups is 2. The van der Waals surface area contributed by atoms with Crippen LogP contribution in [-0.2, 0) is 0 Å². The summed E-state index contributed by atoms with van der Waals surface area (Å²) in [6.45, 7) is 3.42. The summed E-state index contributed by atoms with van der Waals surface area (Å²) in [5, 5.41) is 11.4. The lowest BCUT2D eigenvalue weighted by atomic mass is 10.0. The molecule has 1 aromatic rings. The Morgan fingerprint density at radius 3 is 2.81 bits per heavy atom. The number of nitrogens with zero attached hydrogens (tertiary/aromatic N) is 1. The predicted octanol–water partition coefficient (Wildman–Crippen LogP) is 3.18. The van der Waals surface area contributed by atoms with Crippen molar-refractivity contribution in [1.29, 1.82) is 0 Å². The minimum Gasteiger partial charge on any atom is -0.478 e. The number of urea groups is 1. The average Bonchev–Trinajstić information content (AvgIpc) is 2.65. The van der Waals surface area contributed by atoms with E-state index in [4.69, 9.17) is 5.11 Å². The van der Waals surface area contributed by atoms with Crippen molar-refractivity contribution in [3.05, 3.63) is 29.6 Å². The summed E-state index contributed by atoms with van der Waals surface area (Å²) in [6, 6.07) is 2.96. The normalized spacial score (nSPS) is 19.0. The van der Waals surface area contributed by atoms with Crippen molar-refractivity contribution in [3.8, 4) is 0 Å². The standard InChI is InChI=1S/C15H19FN2O3/c1-10-3-2-7-18(8-6-10)15(21)17-13-9-11(14(19)20)4-5-12(13)16/h4-5,9-10H,2-3,6-8H2,1H3,(H,17,21)(H,19,20). The number of benzene rings is 1. The number of likely N-dealkylation sites (tertiary alicyclic amines) is 1. The van der Waals surface area contributed by atoms with E-state index in [2.05, 4.69) is 12.2 Å². The number of aromatic carboxylic acids is 1. The molecule has 1 aliphatic rings. The molecule has 1 atom stereocenters. The Bertz CT molecular complexity index is 548. The summed E-state index contributed by atoms with van der Waals surface area (Å²) >= 11 is 0. The Kier molecular flexibility index (Phi) is 4.77. The maximum Gasteiger partial charge on any atom is 0.335 e. The van der Waals surface area contributed by atoms with Crippen molar-refractivity contribution in [2.45, 2.75) is 26.2 Å². The van der Waals surface area contributed by atoms with Crippen LogP contribution in [0.15, 0.2) is 18.2 Å². The zero-order valence-electron chi connectivity index (χ0n) is 11.9. The van der Waals surface area contributed by atoms with E-state index in [1.54, 1.807) is 4.90 Å². The first-order chi connectivity index (χ1) is 9.97. The van der Waals surface area contributed by atoms with Crippen LogP contribution in [0.5, 0.6) is 0 Å². The molecule has 2 N–H and O–H groups in total. The highest BCUT2D eigenvalue weighted by Crippen LogP contribution is 2.20. The number of nitrogens with one attached hydrogen (secondary N) is 1. The molecule has 1 aliphatic heterocycles. The van der Waals surface area contributed by atoms with Crippen LogP contribution >= 0.6 is 0 Å². The number of anilines is 1. The van der Waals surface area contributed by atoms with Crippen LogP contribution in [0.4, 0.5) is 14.9 Å². The molecule has 1 saturated heterocycles. The Labute approximate surface area is 122 Å². The highest BCUT2D eigenvalue weighted by molar-refractivity contribution is 5.93. The number of halogens is 1. The van der Waals surface area contributed by atoms with E-state index in [1.165, 1.54) is 6.07 Å². The van der Waals surface area contributed by atoms with E-state index in [0.29, 0.717) is 19.0 Å². The molecular weight excluding hydrogens is 275 g/mol. The van der Waals surface area contributed by atoms with E-state index in [1.807, 2.05) is 0 Å². The molecule has 1 aromatic carbocycles. The van der Waals surface area contributed by atoms with Gasteiger partial charge in [-0.1, -0.05) is 6.92 Å². The number of carboxylic acids is 1. The van der Waals surface area contributed by atoms with E-state index in [-0.39, 0.29) is 17.3 Å². The van der Waals surface area contributed by atoms with Crippen molar-refractivity contribution in [3.63, 3.8) is 0 Å². The molecule has 114 valence electrons. The van der Waals surface area contributed by atoms with Gasteiger partial charge in [0, 0.05) is 13.1 Å². The van der Waals surface area contributed by atoms with Crippen LogP contribution < -0.4 is 5.32 Å².